The molecule has 0 radical (unpaired) electrons. The lowest BCUT2D eigenvalue weighted by Crippen LogP contribution is -2.36. The van der Waals surface area contributed by atoms with Crippen LogP contribution >= 0.6 is 0 Å². The molecule has 1 aliphatic heterocycles. The number of rotatable bonds is 0. The lowest BCUT2D eigenvalue weighted by atomic mass is 10.3. The second-order valence-electron chi connectivity index (χ2n) is 3.24. The highest BCUT2D eigenvalue weighted by Crippen LogP contribution is 2.04. The zero-order valence-corrected chi connectivity index (χ0v) is 7.25. The van der Waals surface area contributed by atoms with Crippen molar-refractivity contribution in [1.82, 2.24) is 9.80 Å². The van der Waals surface area contributed by atoms with Crippen LogP contribution < -0.4 is 0 Å². The van der Waals surface area contributed by atoms with E-state index in [9.17, 15) is 0 Å². The van der Waals surface area contributed by atoms with Gasteiger partial charge in [0.1, 0.15) is 6.04 Å². The number of nitriles is 1. The summed E-state index contributed by atoms with van der Waals surface area (Å²) in [4.78, 5) is 4.35. The minimum atomic E-state index is 0.0856. The van der Waals surface area contributed by atoms with Crippen molar-refractivity contribution in [2.24, 2.45) is 0 Å². The number of nitrogens with zero attached hydrogens (tertiary/aromatic N) is 3. The van der Waals surface area contributed by atoms with E-state index in [-0.39, 0.29) is 6.04 Å². The average Bonchev–Trinajstić information content (AvgIpc) is 2.13. The van der Waals surface area contributed by atoms with Gasteiger partial charge in [0.25, 0.3) is 0 Å². The molecule has 62 valence electrons. The lowest BCUT2D eigenvalue weighted by molar-refractivity contribution is 0.270. The molecule has 0 aromatic carbocycles. The third kappa shape index (κ3) is 2.18. The fourth-order valence-corrected chi connectivity index (χ4v) is 1.41. The Kier molecular flexibility index (Phi) is 2.86. The smallest absolute Gasteiger partial charge is 0.110 e. The molecule has 0 N–H and O–H groups in total. The van der Waals surface area contributed by atoms with Gasteiger partial charge in [-0.3, -0.25) is 4.90 Å². The Morgan fingerprint density at radius 3 is 2.73 bits per heavy atom. The summed E-state index contributed by atoms with van der Waals surface area (Å²) >= 11 is 0. The molecule has 1 saturated heterocycles. The van der Waals surface area contributed by atoms with E-state index in [0.717, 1.165) is 19.6 Å². The Morgan fingerprint density at radius 2 is 2.09 bits per heavy atom. The second-order valence-corrected chi connectivity index (χ2v) is 3.24. The van der Waals surface area contributed by atoms with Crippen LogP contribution in [0, 0.1) is 11.3 Å². The van der Waals surface area contributed by atoms with Crippen molar-refractivity contribution in [3.8, 4) is 6.07 Å². The van der Waals surface area contributed by atoms with Crippen LogP contribution in [0.3, 0.4) is 0 Å². The highest BCUT2D eigenvalue weighted by molar-refractivity contribution is 4.93. The SMILES string of the molecule is CN1CCCN(C)C(C#N)C1. The maximum absolute atomic E-state index is 8.79. The molecule has 1 heterocycles. The first-order valence-corrected chi connectivity index (χ1v) is 4.02. The molecule has 1 atom stereocenters. The van der Waals surface area contributed by atoms with Gasteiger partial charge in [-0.15, -0.1) is 0 Å². The molecule has 1 unspecified atom stereocenters. The van der Waals surface area contributed by atoms with Crippen LogP contribution in [0.1, 0.15) is 6.42 Å². The van der Waals surface area contributed by atoms with Crippen molar-refractivity contribution in [2.75, 3.05) is 33.7 Å². The Bertz CT molecular complexity index is 161. The molecule has 0 spiro atoms. The first kappa shape index (κ1) is 8.51. The average molecular weight is 153 g/mol. The topological polar surface area (TPSA) is 30.3 Å². The van der Waals surface area contributed by atoms with E-state index < -0.39 is 0 Å². The van der Waals surface area contributed by atoms with Gasteiger partial charge in [-0.25, -0.2) is 0 Å². The molecule has 11 heavy (non-hydrogen) atoms. The minimum absolute atomic E-state index is 0.0856. The van der Waals surface area contributed by atoms with Crippen molar-refractivity contribution >= 4 is 0 Å². The van der Waals surface area contributed by atoms with Gasteiger partial charge < -0.3 is 4.90 Å². The van der Waals surface area contributed by atoms with Crippen LogP contribution in [0.15, 0.2) is 0 Å². The summed E-state index contributed by atoms with van der Waals surface area (Å²) in [5, 5.41) is 8.79. The van der Waals surface area contributed by atoms with E-state index >= 15 is 0 Å². The van der Waals surface area contributed by atoms with Crippen molar-refractivity contribution in [3.05, 3.63) is 0 Å². The van der Waals surface area contributed by atoms with Gasteiger partial charge in [0.2, 0.25) is 0 Å². The van der Waals surface area contributed by atoms with Gasteiger partial charge in [-0.2, -0.15) is 5.26 Å². The molecule has 0 saturated carbocycles. The molecule has 0 aromatic rings. The summed E-state index contributed by atoms with van der Waals surface area (Å²) in [5.74, 6) is 0. The molecule has 0 bridgehead atoms. The van der Waals surface area contributed by atoms with Crippen LogP contribution in [-0.2, 0) is 0 Å². The first-order valence-electron chi connectivity index (χ1n) is 4.02. The van der Waals surface area contributed by atoms with Crippen LogP contribution in [0.4, 0.5) is 0 Å². The lowest BCUT2D eigenvalue weighted by Gasteiger charge is -2.20. The van der Waals surface area contributed by atoms with Gasteiger partial charge in [0.05, 0.1) is 6.07 Å². The number of likely N-dealkylation sites (N-methyl/N-ethyl adjacent to an activating group) is 2. The van der Waals surface area contributed by atoms with E-state index in [2.05, 4.69) is 22.9 Å². The van der Waals surface area contributed by atoms with E-state index in [1.165, 1.54) is 6.42 Å². The summed E-state index contributed by atoms with van der Waals surface area (Å²) in [6.45, 7) is 3.04. The van der Waals surface area contributed by atoms with E-state index in [1.54, 1.807) is 0 Å². The summed E-state index contributed by atoms with van der Waals surface area (Å²) in [6.07, 6.45) is 1.17. The van der Waals surface area contributed by atoms with Crippen LogP contribution in [0.5, 0.6) is 0 Å². The van der Waals surface area contributed by atoms with E-state index in [4.69, 9.17) is 5.26 Å². The van der Waals surface area contributed by atoms with Gasteiger partial charge in [0, 0.05) is 13.1 Å². The Hall–Kier alpha value is -0.590. The maximum atomic E-state index is 8.79. The molecule has 1 aliphatic rings. The fraction of sp³-hybridized carbons (Fsp3) is 0.875. The second kappa shape index (κ2) is 3.70. The predicted molar refractivity (Wildman–Crippen MR) is 44.1 cm³/mol. The van der Waals surface area contributed by atoms with Gasteiger partial charge >= 0.3 is 0 Å². The third-order valence-electron chi connectivity index (χ3n) is 2.22. The molecule has 0 aliphatic carbocycles. The molecule has 3 nitrogen and oxygen atoms in total. The van der Waals surface area contributed by atoms with Crippen LogP contribution in [0.2, 0.25) is 0 Å². The van der Waals surface area contributed by atoms with Crippen molar-refractivity contribution in [3.63, 3.8) is 0 Å². The summed E-state index contributed by atoms with van der Waals surface area (Å²) in [7, 11) is 4.09. The summed E-state index contributed by atoms with van der Waals surface area (Å²) in [5.41, 5.74) is 0. The molecular weight excluding hydrogens is 138 g/mol. The normalized spacial score (nSPS) is 29.4. The van der Waals surface area contributed by atoms with E-state index in [0.29, 0.717) is 0 Å². The minimum Gasteiger partial charge on any atom is -0.304 e. The fourth-order valence-electron chi connectivity index (χ4n) is 1.41. The highest BCUT2D eigenvalue weighted by atomic mass is 15.2. The van der Waals surface area contributed by atoms with Crippen molar-refractivity contribution in [1.29, 1.82) is 5.26 Å². The van der Waals surface area contributed by atoms with Gasteiger partial charge in [-0.05, 0) is 27.1 Å². The van der Waals surface area contributed by atoms with Crippen LogP contribution in [-0.4, -0.2) is 49.6 Å². The molecule has 1 fully saturated rings. The zero-order chi connectivity index (χ0) is 8.27. The Morgan fingerprint density at radius 1 is 1.36 bits per heavy atom. The van der Waals surface area contributed by atoms with Crippen molar-refractivity contribution in [2.45, 2.75) is 12.5 Å². The zero-order valence-electron chi connectivity index (χ0n) is 7.25. The van der Waals surface area contributed by atoms with Gasteiger partial charge in [-0.1, -0.05) is 0 Å². The van der Waals surface area contributed by atoms with Gasteiger partial charge in [0.15, 0.2) is 0 Å². The third-order valence-corrected chi connectivity index (χ3v) is 2.22. The molecule has 1 rings (SSSR count). The monoisotopic (exact) mass is 153 g/mol. The van der Waals surface area contributed by atoms with Crippen molar-refractivity contribution < 1.29 is 0 Å². The first-order chi connectivity index (χ1) is 5.24. The van der Waals surface area contributed by atoms with E-state index in [1.807, 2.05) is 7.05 Å². The standard InChI is InChI=1S/C8H15N3/c1-10-4-3-5-11(2)8(6-9)7-10/h8H,3-5,7H2,1-2H3. The quantitative estimate of drug-likeness (QED) is 0.496. The maximum Gasteiger partial charge on any atom is 0.110 e. The highest BCUT2D eigenvalue weighted by Gasteiger charge is 2.18. The largest absolute Gasteiger partial charge is 0.304 e. The molecule has 0 amide bonds. The molecule has 3 heteroatoms. The Balaban J connectivity index is 2.54. The number of hydrogen-bond acceptors (Lipinski definition) is 3. The predicted octanol–water partition coefficient (Wildman–Crippen LogP) is 0.146. The molecule has 0 aromatic heterocycles. The summed E-state index contributed by atoms with van der Waals surface area (Å²) < 4.78 is 0. The van der Waals surface area contributed by atoms with Crippen LogP contribution in [0.25, 0.3) is 0 Å². The Labute approximate surface area is 68.2 Å². The summed E-state index contributed by atoms with van der Waals surface area (Å²) in [6, 6.07) is 2.39. The molecular formula is C8H15N3. The number of hydrogen-bond donors (Lipinski definition) is 0.